The maximum Gasteiger partial charge on any atom is 0.214 e. The Morgan fingerprint density at radius 3 is 2.76 bits per heavy atom. The number of carbonyl (C=O) groups excluding carboxylic acids is 1. The van der Waals surface area contributed by atoms with E-state index in [4.69, 9.17) is 4.74 Å². The van der Waals surface area contributed by atoms with Crippen LogP contribution in [0.2, 0.25) is 0 Å². The van der Waals surface area contributed by atoms with Crippen LogP contribution in [0, 0.1) is 13.8 Å². The van der Waals surface area contributed by atoms with Crippen LogP contribution in [0.15, 0.2) is 47.6 Å². The van der Waals surface area contributed by atoms with Gasteiger partial charge in [-0.1, -0.05) is 41.6 Å². The van der Waals surface area contributed by atoms with Crippen molar-refractivity contribution in [3.05, 3.63) is 59.2 Å². The van der Waals surface area contributed by atoms with Crippen LogP contribution >= 0.6 is 11.8 Å². The summed E-state index contributed by atoms with van der Waals surface area (Å²) in [6, 6.07) is 13.3. The third-order valence-electron chi connectivity index (χ3n) is 3.76. The predicted molar refractivity (Wildman–Crippen MR) is 96.7 cm³/mol. The van der Waals surface area contributed by atoms with E-state index < -0.39 is 0 Å². The van der Waals surface area contributed by atoms with E-state index in [1.807, 2.05) is 38.1 Å². The van der Waals surface area contributed by atoms with E-state index in [1.165, 1.54) is 17.3 Å². The number of ketones is 1. The average Bonchev–Trinajstić information content (AvgIpc) is 3.08. The molecule has 0 atom stereocenters. The molecular weight excluding hydrogens is 336 g/mol. The fraction of sp³-hybridized carbons (Fsp3) is 0.222. The SMILES string of the molecule is COc1ccccc1C(=O)CSc1nnnn1-c1ccc(C)cc1C. The van der Waals surface area contributed by atoms with Crippen molar-refractivity contribution < 1.29 is 9.53 Å². The van der Waals surface area contributed by atoms with Crippen molar-refractivity contribution in [1.82, 2.24) is 20.2 Å². The number of hydrogen-bond acceptors (Lipinski definition) is 6. The van der Waals surface area contributed by atoms with Gasteiger partial charge in [0.05, 0.1) is 24.1 Å². The van der Waals surface area contributed by atoms with Gasteiger partial charge >= 0.3 is 0 Å². The number of rotatable bonds is 6. The lowest BCUT2D eigenvalue weighted by Gasteiger charge is -2.09. The summed E-state index contributed by atoms with van der Waals surface area (Å²) in [5.74, 6) is 0.769. The Bertz CT molecular complexity index is 908. The van der Waals surface area contributed by atoms with Gasteiger partial charge in [-0.25, -0.2) is 0 Å². The smallest absolute Gasteiger partial charge is 0.214 e. The van der Waals surface area contributed by atoms with E-state index in [0.717, 1.165) is 11.3 Å². The summed E-state index contributed by atoms with van der Waals surface area (Å²) >= 11 is 1.31. The molecule has 0 saturated heterocycles. The number of carbonyl (C=O) groups is 1. The van der Waals surface area contributed by atoms with Gasteiger partial charge in [0.2, 0.25) is 5.16 Å². The maximum atomic E-state index is 12.5. The number of tetrazole rings is 1. The molecule has 25 heavy (non-hydrogen) atoms. The minimum absolute atomic E-state index is 0.0300. The van der Waals surface area contributed by atoms with Crippen LogP contribution in [-0.2, 0) is 0 Å². The molecule has 7 heteroatoms. The number of aryl methyl sites for hydroxylation is 2. The lowest BCUT2D eigenvalue weighted by Crippen LogP contribution is -2.07. The Labute approximate surface area is 150 Å². The first-order valence-electron chi connectivity index (χ1n) is 7.75. The molecule has 0 aliphatic rings. The van der Waals surface area contributed by atoms with Crippen molar-refractivity contribution in [3.63, 3.8) is 0 Å². The van der Waals surface area contributed by atoms with Crippen molar-refractivity contribution in [2.24, 2.45) is 0 Å². The maximum absolute atomic E-state index is 12.5. The number of nitrogens with zero attached hydrogens (tertiary/aromatic N) is 4. The molecule has 0 bridgehead atoms. The van der Waals surface area contributed by atoms with Crippen LogP contribution in [0.5, 0.6) is 5.75 Å². The summed E-state index contributed by atoms with van der Waals surface area (Å²) in [7, 11) is 1.56. The second kappa shape index (κ2) is 7.48. The van der Waals surface area contributed by atoms with E-state index in [9.17, 15) is 4.79 Å². The quantitative estimate of drug-likeness (QED) is 0.500. The van der Waals surface area contributed by atoms with Crippen molar-refractivity contribution in [1.29, 1.82) is 0 Å². The molecule has 0 fully saturated rings. The summed E-state index contributed by atoms with van der Waals surface area (Å²) < 4.78 is 6.91. The highest BCUT2D eigenvalue weighted by atomic mass is 32.2. The second-order valence-electron chi connectivity index (χ2n) is 5.58. The number of methoxy groups -OCH3 is 1. The lowest BCUT2D eigenvalue weighted by molar-refractivity contribution is 0.101. The molecule has 0 unspecified atom stereocenters. The number of thioether (sulfide) groups is 1. The molecule has 0 aliphatic carbocycles. The van der Waals surface area contributed by atoms with Crippen LogP contribution in [0.1, 0.15) is 21.5 Å². The zero-order valence-electron chi connectivity index (χ0n) is 14.3. The molecule has 1 aromatic heterocycles. The highest BCUT2D eigenvalue weighted by molar-refractivity contribution is 7.99. The molecule has 0 saturated carbocycles. The summed E-state index contributed by atoms with van der Waals surface area (Å²) in [6.45, 7) is 4.05. The van der Waals surface area contributed by atoms with Gasteiger partial charge < -0.3 is 4.74 Å². The Hall–Kier alpha value is -2.67. The fourth-order valence-electron chi connectivity index (χ4n) is 2.55. The van der Waals surface area contributed by atoms with E-state index in [2.05, 4.69) is 21.6 Å². The number of ether oxygens (including phenoxy) is 1. The molecule has 0 N–H and O–H groups in total. The van der Waals surface area contributed by atoms with Gasteiger partial charge in [-0.05, 0) is 48.0 Å². The molecule has 1 heterocycles. The topological polar surface area (TPSA) is 69.9 Å². The Balaban J connectivity index is 1.79. The highest BCUT2D eigenvalue weighted by Crippen LogP contribution is 2.24. The summed E-state index contributed by atoms with van der Waals surface area (Å²) in [5.41, 5.74) is 3.71. The van der Waals surface area contributed by atoms with Gasteiger partial charge in [-0.2, -0.15) is 4.68 Å². The van der Waals surface area contributed by atoms with Gasteiger partial charge in [0.25, 0.3) is 0 Å². The van der Waals surface area contributed by atoms with E-state index in [-0.39, 0.29) is 11.5 Å². The molecule has 0 amide bonds. The van der Waals surface area contributed by atoms with Crippen LogP contribution < -0.4 is 4.74 Å². The first-order valence-corrected chi connectivity index (χ1v) is 8.73. The molecule has 0 radical (unpaired) electrons. The number of aromatic nitrogens is 4. The number of para-hydroxylation sites is 1. The van der Waals surface area contributed by atoms with E-state index in [0.29, 0.717) is 16.5 Å². The normalized spacial score (nSPS) is 10.7. The summed E-state index contributed by atoms with van der Waals surface area (Å²) in [6.07, 6.45) is 0. The van der Waals surface area contributed by atoms with Crippen LogP contribution in [0.4, 0.5) is 0 Å². The van der Waals surface area contributed by atoms with Gasteiger partial charge in [0.15, 0.2) is 5.78 Å². The van der Waals surface area contributed by atoms with Crippen molar-refractivity contribution in [2.45, 2.75) is 19.0 Å². The number of hydrogen-bond donors (Lipinski definition) is 0. The largest absolute Gasteiger partial charge is 0.496 e. The third kappa shape index (κ3) is 3.71. The minimum atomic E-state index is -0.0300. The van der Waals surface area contributed by atoms with Gasteiger partial charge in [-0.3, -0.25) is 4.79 Å². The van der Waals surface area contributed by atoms with Gasteiger partial charge in [-0.15, -0.1) is 5.10 Å². The zero-order valence-corrected chi connectivity index (χ0v) is 15.1. The standard InChI is InChI=1S/C18H18N4O2S/c1-12-8-9-15(13(2)10-12)22-18(19-20-21-22)25-11-16(23)14-6-4-5-7-17(14)24-3/h4-10H,11H2,1-3H3. The molecule has 6 nitrogen and oxygen atoms in total. The average molecular weight is 354 g/mol. The predicted octanol–water partition coefficient (Wildman–Crippen LogP) is 3.26. The Kier molecular flexibility index (Phi) is 5.14. The molecule has 0 aliphatic heterocycles. The van der Waals surface area contributed by atoms with Crippen LogP contribution in [0.25, 0.3) is 5.69 Å². The first kappa shape index (κ1) is 17.2. The summed E-state index contributed by atoms with van der Waals surface area (Å²) in [4.78, 5) is 12.5. The fourth-order valence-corrected chi connectivity index (χ4v) is 3.31. The minimum Gasteiger partial charge on any atom is -0.496 e. The van der Waals surface area contributed by atoms with Crippen LogP contribution in [0.3, 0.4) is 0 Å². The summed E-state index contributed by atoms with van der Waals surface area (Å²) in [5, 5.41) is 12.4. The number of benzene rings is 2. The third-order valence-corrected chi connectivity index (χ3v) is 4.68. The van der Waals surface area contributed by atoms with Crippen molar-refractivity contribution >= 4 is 17.5 Å². The molecule has 3 aromatic rings. The molecule has 0 spiro atoms. The van der Waals surface area contributed by atoms with Gasteiger partial charge in [0.1, 0.15) is 5.75 Å². The Morgan fingerprint density at radius 2 is 2.00 bits per heavy atom. The molecule has 128 valence electrons. The molecule has 3 rings (SSSR count). The van der Waals surface area contributed by atoms with E-state index in [1.54, 1.807) is 23.9 Å². The lowest BCUT2D eigenvalue weighted by atomic mass is 10.1. The monoisotopic (exact) mass is 354 g/mol. The molecular formula is C18H18N4O2S. The highest BCUT2D eigenvalue weighted by Gasteiger charge is 2.16. The van der Waals surface area contributed by atoms with Crippen molar-refractivity contribution in [2.75, 3.05) is 12.9 Å². The van der Waals surface area contributed by atoms with E-state index >= 15 is 0 Å². The second-order valence-corrected chi connectivity index (χ2v) is 6.52. The molecule has 2 aromatic carbocycles. The first-order chi connectivity index (χ1) is 12.1. The van der Waals surface area contributed by atoms with Crippen LogP contribution in [-0.4, -0.2) is 38.9 Å². The van der Waals surface area contributed by atoms with Crippen molar-refractivity contribution in [3.8, 4) is 11.4 Å². The number of Topliss-reactive ketones (excluding diaryl/α,β-unsaturated/α-hetero) is 1. The van der Waals surface area contributed by atoms with Gasteiger partial charge in [0, 0.05) is 0 Å². The zero-order chi connectivity index (χ0) is 17.8. The Morgan fingerprint density at radius 1 is 1.20 bits per heavy atom.